The van der Waals surface area contributed by atoms with Crippen LogP contribution in [0.3, 0.4) is 0 Å². The van der Waals surface area contributed by atoms with E-state index in [0.717, 1.165) is 11.3 Å². The largest absolute Gasteiger partial charge is 0.365 e. The molecule has 4 heterocycles. The van der Waals surface area contributed by atoms with Gasteiger partial charge in [-0.25, -0.2) is 13.8 Å². The number of primary amides is 1. The first kappa shape index (κ1) is 22.0. The number of alkyl halides is 2. The molecule has 0 spiro atoms. The number of thiophene rings is 1. The molecule has 166 valence electrons. The van der Waals surface area contributed by atoms with Crippen LogP contribution in [-0.2, 0) is 14.1 Å². The van der Waals surface area contributed by atoms with Gasteiger partial charge in [-0.05, 0) is 34.5 Å². The Morgan fingerprint density at radius 2 is 1.88 bits per heavy atom. The summed E-state index contributed by atoms with van der Waals surface area (Å²) in [7, 11) is 3.30. The molecule has 0 saturated carbocycles. The molecule has 4 rings (SSSR count). The van der Waals surface area contributed by atoms with Crippen LogP contribution in [0.5, 0.6) is 0 Å². The number of hydrogen-bond donors (Lipinski definition) is 2. The van der Waals surface area contributed by atoms with Gasteiger partial charge in [0, 0.05) is 30.7 Å². The van der Waals surface area contributed by atoms with E-state index >= 15 is 0 Å². The van der Waals surface area contributed by atoms with Gasteiger partial charge in [0.05, 0.1) is 22.6 Å². The fourth-order valence-corrected chi connectivity index (χ4v) is 4.88. The fourth-order valence-electron chi connectivity index (χ4n) is 3.34. The van der Waals surface area contributed by atoms with Crippen LogP contribution < -0.4 is 11.1 Å². The number of carbonyl (C=O) groups is 2. The number of nitrogens with two attached hydrogens (primary N) is 1. The molecule has 0 radical (unpaired) electrons. The summed E-state index contributed by atoms with van der Waals surface area (Å²) < 4.78 is 30.6. The molecular weight excluding hydrogens is 508 g/mol. The standard InChI is InChI=1S/C19H16BrF2N7O2S/c1-7-9(5-24-28(7)2)8-4-11(16(21)22)26-19-12(8)13(15(32-19)17(23)30)27-18(31)14-10(20)6-25-29(14)3/h4-6,16H,1-3H3,(H2,23,30)(H,27,31). The molecule has 32 heavy (non-hydrogen) atoms. The number of carbonyl (C=O) groups excluding carboxylic acids is 2. The first-order valence-electron chi connectivity index (χ1n) is 9.13. The highest BCUT2D eigenvalue weighted by atomic mass is 79.9. The van der Waals surface area contributed by atoms with Crippen molar-refractivity contribution in [3.8, 4) is 11.1 Å². The molecule has 0 bridgehead atoms. The third-order valence-electron chi connectivity index (χ3n) is 5.00. The molecule has 0 unspecified atom stereocenters. The second-order valence-corrected chi connectivity index (χ2v) is 8.79. The van der Waals surface area contributed by atoms with Gasteiger partial charge in [0.1, 0.15) is 21.1 Å². The van der Waals surface area contributed by atoms with E-state index in [1.54, 1.807) is 25.7 Å². The zero-order valence-electron chi connectivity index (χ0n) is 17.0. The van der Waals surface area contributed by atoms with E-state index in [0.29, 0.717) is 26.7 Å². The maximum atomic E-state index is 13.6. The van der Waals surface area contributed by atoms with Crippen LogP contribution in [0.1, 0.15) is 38.0 Å². The molecule has 0 aliphatic carbocycles. The van der Waals surface area contributed by atoms with Crippen molar-refractivity contribution in [1.82, 2.24) is 24.5 Å². The van der Waals surface area contributed by atoms with Gasteiger partial charge in [-0.3, -0.25) is 19.0 Å². The molecule has 0 atom stereocenters. The molecule has 13 heteroatoms. The van der Waals surface area contributed by atoms with E-state index in [1.165, 1.54) is 23.1 Å². The van der Waals surface area contributed by atoms with Gasteiger partial charge in [-0.15, -0.1) is 11.3 Å². The zero-order valence-corrected chi connectivity index (χ0v) is 19.4. The van der Waals surface area contributed by atoms with Crippen molar-refractivity contribution in [2.45, 2.75) is 13.3 Å². The summed E-state index contributed by atoms with van der Waals surface area (Å²) in [5.74, 6) is -1.38. The molecule has 4 aromatic heterocycles. The minimum atomic E-state index is -2.84. The molecule has 4 aromatic rings. The number of fused-ring (bicyclic) bond motifs is 1. The first-order chi connectivity index (χ1) is 15.1. The molecule has 0 fully saturated rings. The number of rotatable bonds is 5. The van der Waals surface area contributed by atoms with E-state index in [4.69, 9.17) is 5.73 Å². The maximum Gasteiger partial charge on any atom is 0.280 e. The van der Waals surface area contributed by atoms with Crippen molar-refractivity contribution in [1.29, 1.82) is 0 Å². The Bertz CT molecular complexity index is 1370. The van der Waals surface area contributed by atoms with Crippen molar-refractivity contribution in [2.75, 3.05) is 5.32 Å². The smallest absolute Gasteiger partial charge is 0.280 e. The van der Waals surface area contributed by atoms with Crippen molar-refractivity contribution in [3.05, 3.63) is 44.9 Å². The van der Waals surface area contributed by atoms with E-state index in [-0.39, 0.29) is 21.1 Å². The lowest BCUT2D eigenvalue weighted by molar-refractivity contribution is 0.100. The van der Waals surface area contributed by atoms with Gasteiger partial charge < -0.3 is 11.1 Å². The molecule has 9 nitrogen and oxygen atoms in total. The Balaban J connectivity index is 2.01. The average Bonchev–Trinajstić information content (AvgIpc) is 3.37. The molecule has 0 saturated heterocycles. The highest BCUT2D eigenvalue weighted by Gasteiger charge is 2.27. The quantitative estimate of drug-likeness (QED) is 0.412. The Morgan fingerprint density at radius 1 is 1.19 bits per heavy atom. The van der Waals surface area contributed by atoms with Crippen LogP contribution in [0.4, 0.5) is 14.5 Å². The number of aryl methyl sites for hydroxylation is 2. The van der Waals surface area contributed by atoms with E-state index < -0.39 is 23.9 Å². The van der Waals surface area contributed by atoms with Gasteiger partial charge in [0.2, 0.25) is 0 Å². The van der Waals surface area contributed by atoms with Crippen molar-refractivity contribution >= 4 is 55.0 Å². The third-order valence-corrected chi connectivity index (χ3v) is 6.68. The molecule has 0 aromatic carbocycles. The molecule has 2 amide bonds. The van der Waals surface area contributed by atoms with Crippen LogP contribution >= 0.6 is 27.3 Å². The predicted octanol–water partition coefficient (Wildman–Crippen LogP) is 3.79. The summed E-state index contributed by atoms with van der Waals surface area (Å²) in [6.07, 6.45) is 0.151. The Morgan fingerprint density at radius 3 is 2.41 bits per heavy atom. The number of halogens is 3. The highest BCUT2D eigenvalue weighted by Crippen LogP contribution is 2.43. The van der Waals surface area contributed by atoms with Crippen LogP contribution in [0.15, 0.2) is 22.9 Å². The lowest BCUT2D eigenvalue weighted by atomic mass is 10.0. The summed E-state index contributed by atoms with van der Waals surface area (Å²) in [5.41, 5.74) is 7.03. The maximum absolute atomic E-state index is 13.6. The summed E-state index contributed by atoms with van der Waals surface area (Å²) in [6.45, 7) is 1.78. The monoisotopic (exact) mass is 523 g/mol. The number of hydrogen-bond acceptors (Lipinski definition) is 6. The summed E-state index contributed by atoms with van der Waals surface area (Å²) in [4.78, 5) is 29.4. The summed E-state index contributed by atoms with van der Waals surface area (Å²) in [5, 5.41) is 11.2. The molecule has 0 aliphatic rings. The number of nitrogens with one attached hydrogen (secondary N) is 1. The predicted molar refractivity (Wildman–Crippen MR) is 119 cm³/mol. The van der Waals surface area contributed by atoms with Gasteiger partial charge in [-0.2, -0.15) is 10.2 Å². The minimum Gasteiger partial charge on any atom is -0.365 e. The highest BCUT2D eigenvalue weighted by molar-refractivity contribution is 9.10. The van der Waals surface area contributed by atoms with Gasteiger partial charge >= 0.3 is 0 Å². The van der Waals surface area contributed by atoms with Crippen molar-refractivity contribution < 1.29 is 18.4 Å². The Hall–Kier alpha value is -3.19. The van der Waals surface area contributed by atoms with Crippen LogP contribution in [0, 0.1) is 6.92 Å². The van der Waals surface area contributed by atoms with E-state index in [9.17, 15) is 18.4 Å². The van der Waals surface area contributed by atoms with Gasteiger partial charge in [0.15, 0.2) is 0 Å². The third kappa shape index (κ3) is 3.56. The minimum absolute atomic E-state index is 0.00616. The van der Waals surface area contributed by atoms with Crippen molar-refractivity contribution in [3.63, 3.8) is 0 Å². The van der Waals surface area contributed by atoms with Crippen LogP contribution in [0.25, 0.3) is 21.3 Å². The van der Waals surface area contributed by atoms with Crippen molar-refractivity contribution in [2.24, 2.45) is 19.8 Å². The van der Waals surface area contributed by atoms with Crippen LogP contribution in [0.2, 0.25) is 0 Å². The number of aromatic nitrogens is 5. The number of pyridine rings is 1. The van der Waals surface area contributed by atoms with Crippen LogP contribution in [-0.4, -0.2) is 36.4 Å². The van der Waals surface area contributed by atoms with E-state index in [1.807, 2.05) is 0 Å². The lowest BCUT2D eigenvalue weighted by Crippen LogP contribution is -2.19. The second-order valence-electron chi connectivity index (χ2n) is 6.93. The number of amides is 2. The van der Waals surface area contributed by atoms with Gasteiger partial charge in [-0.1, -0.05) is 0 Å². The topological polar surface area (TPSA) is 121 Å². The fraction of sp³-hybridized carbons (Fsp3) is 0.211. The Kier molecular flexibility index (Phi) is 5.54. The zero-order chi connectivity index (χ0) is 23.3. The number of nitrogens with zero attached hydrogens (tertiary/aromatic N) is 5. The molecular formula is C19H16BrF2N7O2S. The normalized spacial score (nSPS) is 11.5. The summed E-state index contributed by atoms with van der Waals surface area (Å²) >= 11 is 4.11. The lowest BCUT2D eigenvalue weighted by Gasteiger charge is -2.11. The van der Waals surface area contributed by atoms with Gasteiger partial charge in [0.25, 0.3) is 18.2 Å². The van der Waals surface area contributed by atoms with E-state index in [2.05, 4.69) is 36.4 Å². The number of anilines is 1. The Labute approximate surface area is 192 Å². The second kappa shape index (κ2) is 8.06. The average molecular weight is 524 g/mol. The first-order valence-corrected chi connectivity index (χ1v) is 10.7. The molecule has 0 aliphatic heterocycles. The molecule has 3 N–H and O–H groups in total. The SMILES string of the molecule is Cc1c(-c2cc(C(F)F)nc3sc(C(N)=O)c(NC(=O)c4c(Br)cnn4C)c23)cnn1C. The summed E-state index contributed by atoms with van der Waals surface area (Å²) in [6, 6.07) is 1.24.